The summed E-state index contributed by atoms with van der Waals surface area (Å²) < 4.78 is 10.7. The highest BCUT2D eigenvalue weighted by Crippen LogP contribution is 2.22. The Bertz CT molecular complexity index is 226. The molecule has 90 valence electrons. The molecule has 3 nitrogen and oxygen atoms in total. The van der Waals surface area contributed by atoms with Crippen molar-refractivity contribution < 1.29 is 0 Å². The van der Waals surface area contributed by atoms with Gasteiger partial charge in [-0.3, -0.25) is 0 Å². The highest BCUT2D eigenvalue weighted by molar-refractivity contribution is 7.08. The van der Waals surface area contributed by atoms with Gasteiger partial charge in [-0.25, -0.2) is 0 Å². The van der Waals surface area contributed by atoms with E-state index < -0.39 is 25.2 Å². The lowest BCUT2D eigenvalue weighted by molar-refractivity contribution is 0.842. The second-order valence-electron chi connectivity index (χ2n) is 5.83. The van der Waals surface area contributed by atoms with Crippen molar-refractivity contribution in [2.75, 3.05) is 5.50 Å². The van der Waals surface area contributed by atoms with E-state index in [-0.39, 0.29) is 9.68 Å². The van der Waals surface area contributed by atoms with Crippen LogP contribution in [0.3, 0.4) is 0 Å². The third-order valence-electron chi connectivity index (χ3n) is 2.89. The molecule has 0 amide bonds. The van der Waals surface area contributed by atoms with Gasteiger partial charge in [-0.05, 0) is 39.3 Å². The molecule has 0 bridgehead atoms. The Labute approximate surface area is 104 Å². The molecule has 0 aromatic rings. The van der Waals surface area contributed by atoms with E-state index in [4.69, 9.17) is 11.6 Å². The van der Waals surface area contributed by atoms with Crippen LogP contribution in [0.4, 0.5) is 0 Å². The van der Waals surface area contributed by atoms with E-state index in [0.717, 1.165) is 5.50 Å². The Morgan fingerprint density at radius 1 is 1.00 bits per heavy atom. The van der Waals surface area contributed by atoms with E-state index in [1.807, 2.05) is 0 Å². The van der Waals surface area contributed by atoms with Crippen LogP contribution in [0, 0.1) is 0 Å². The molecule has 0 aromatic heterocycles. The Morgan fingerprint density at radius 2 is 1.40 bits per heavy atom. The summed E-state index contributed by atoms with van der Waals surface area (Å²) >= 11 is 5.98. The second kappa shape index (κ2) is 4.37. The lowest BCUT2D eigenvalue weighted by Crippen LogP contribution is -2.89. The zero-order valence-electron chi connectivity index (χ0n) is 10.7. The molecule has 2 N–H and O–H groups in total. The molecule has 8 heteroatoms. The van der Waals surface area contributed by atoms with Crippen molar-refractivity contribution in [1.29, 1.82) is 0 Å². The second-order valence-corrected chi connectivity index (χ2v) is 22.7. The maximum absolute atomic E-state index is 5.98. The lowest BCUT2D eigenvalue weighted by atomic mass is 11.9. The molecule has 0 unspecified atom stereocenters. The van der Waals surface area contributed by atoms with Gasteiger partial charge in [0.05, 0.1) is 9.68 Å². The summed E-state index contributed by atoms with van der Waals surface area (Å²) in [7, 11) is -4.41. The highest BCUT2D eigenvalue weighted by Gasteiger charge is 2.50. The molecule has 1 rings (SSSR count). The number of hydrogen-bond donors (Lipinski definition) is 2. The summed E-state index contributed by atoms with van der Waals surface area (Å²) in [6, 6.07) is 0. The van der Waals surface area contributed by atoms with Gasteiger partial charge >= 0.3 is 0 Å². The molecule has 0 spiro atoms. The van der Waals surface area contributed by atoms with E-state index in [1.165, 1.54) is 0 Å². The minimum Gasteiger partial charge on any atom is -0.349 e. The highest BCUT2D eigenvalue weighted by atomic mass is 35.5. The number of hydrogen-bond acceptors (Lipinski definition) is 3. The maximum Gasteiger partial charge on any atom is 0.183 e. The zero-order valence-corrected chi connectivity index (χ0v) is 15.9. The first-order valence-corrected chi connectivity index (χ1v) is 16.6. The van der Waals surface area contributed by atoms with Gasteiger partial charge in [0.1, 0.15) is 0 Å². The normalized spacial score (nSPS) is 29.8. The first-order chi connectivity index (χ1) is 6.61. The summed E-state index contributed by atoms with van der Waals surface area (Å²) in [5, 5.41) is 0. The Hall–Kier alpha value is 1.04. The summed E-state index contributed by atoms with van der Waals surface area (Å²) in [6.07, 6.45) is 0. The summed E-state index contributed by atoms with van der Waals surface area (Å²) in [5.74, 6) is 0. The van der Waals surface area contributed by atoms with Gasteiger partial charge in [-0.1, -0.05) is 0 Å². The average molecular weight is 298 g/mol. The van der Waals surface area contributed by atoms with Crippen LogP contribution in [0.25, 0.3) is 0 Å². The van der Waals surface area contributed by atoms with Crippen molar-refractivity contribution >= 4 is 46.5 Å². The molecule has 15 heavy (non-hydrogen) atoms. The minimum atomic E-state index is -1.39. The van der Waals surface area contributed by atoms with Gasteiger partial charge < -0.3 is 13.2 Å². The predicted octanol–water partition coefficient (Wildman–Crippen LogP) is 0.867. The van der Waals surface area contributed by atoms with Gasteiger partial charge in [0, 0.05) is 5.50 Å². The predicted molar refractivity (Wildman–Crippen MR) is 79.8 cm³/mol. The number of alkyl halides is 1. The Kier molecular flexibility index (Phi) is 4.11. The fourth-order valence-electron chi connectivity index (χ4n) is 3.04. The lowest BCUT2D eigenvalue weighted by Gasteiger charge is -2.57. The Morgan fingerprint density at radius 3 is 1.73 bits per heavy atom. The molecule has 0 radical (unpaired) electrons. The molecule has 0 aliphatic carbocycles. The first-order valence-electron chi connectivity index (χ1n) is 5.53. The van der Waals surface area contributed by atoms with Crippen LogP contribution >= 0.6 is 11.6 Å². The molecule has 1 fully saturated rings. The van der Waals surface area contributed by atoms with Crippen molar-refractivity contribution in [2.45, 2.75) is 39.3 Å². The number of halogens is 1. The summed E-state index contributed by atoms with van der Waals surface area (Å²) in [6.45, 7) is 14.5. The van der Waals surface area contributed by atoms with Gasteiger partial charge in [0.15, 0.2) is 25.2 Å². The molecule has 1 aliphatic rings. The fraction of sp³-hybridized carbons (Fsp3) is 1.00. The SMILES string of the molecule is C[Si]1(C)N[Si](C)(C)N([SiH2]CCl)[Si](C)(C)N1. The molecule has 0 saturated carbocycles. The van der Waals surface area contributed by atoms with Crippen LogP contribution in [0.15, 0.2) is 0 Å². The van der Waals surface area contributed by atoms with Crippen LogP contribution in [0.2, 0.25) is 39.3 Å². The fourth-order valence-corrected chi connectivity index (χ4v) is 31.9. The van der Waals surface area contributed by atoms with E-state index in [1.54, 1.807) is 0 Å². The van der Waals surface area contributed by atoms with Gasteiger partial charge in [-0.15, -0.1) is 11.6 Å². The minimum absolute atomic E-state index is 0.262. The van der Waals surface area contributed by atoms with Crippen LogP contribution in [0.5, 0.6) is 0 Å². The van der Waals surface area contributed by atoms with E-state index in [9.17, 15) is 0 Å². The largest absolute Gasteiger partial charge is 0.349 e. The molecule has 0 aromatic carbocycles. The van der Waals surface area contributed by atoms with Crippen LogP contribution in [0.1, 0.15) is 0 Å². The molecule has 1 heterocycles. The van der Waals surface area contributed by atoms with Crippen molar-refractivity contribution in [3.63, 3.8) is 0 Å². The van der Waals surface area contributed by atoms with Crippen LogP contribution in [-0.4, -0.2) is 44.3 Å². The zero-order chi connectivity index (χ0) is 11.9. The average Bonchev–Trinajstić information content (AvgIpc) is 1.92. The van der Waals surface area contributed by atoms with Gasteiger partial charge in [-0.2, -0.15) is 0 Å². The van der Waals surface area contributed by atoms with Crippen molar-refractivity contribution in [1.82, 2.24) is 13.2 Å². The molecular weight excluding hydrogens is 274 g/mol. The van der Waals surface area contributed by atoms with E-state index in [0.29, 0.717) is 0 Å². The number of nitrogens with one attached hydrogen (secondary N) is 2. The van der Waals surface area contributed by atoms with E-state index in [2.05, 4.69) is 52.5 Å². The molecule has 1 aliphatic heterocycles. The standard InChI is InChI=1S/C7H24ClN3Si4/c1-13(2)9-14(3,4)11(12-7-8)15(5,6)10-13/h9-10H,7,12H2,1-6H3. The quantitative estimate of drug-likeness (QED) is 0.585. The molecule has 1 saturated heterocycles. The summed E-state index contributed by atoms with van der Waals surface area (Å²) in [5.41, 5.74) is 0.873. The van der Waals surface area contributed by atoms with Crippen molar-refractivity contribution in [3.05, 3.63) is 0 Å². The monoisotopic (exact) mass is 297 g/mol. The Balaban J connectivity index is 2.95. The first kappa shape index (κ1) is 14.1. The van der Waals surface area contributed by atoms with E-state index >= 15 is 0 Å². The number of nitrogens with zero attached hydrogens (tertiary/aromatic N) is 1. The smallest absolute Gasteiger partial charge is 0.183 e. The molecule has 0 atom stereocenters. The van der Waals surface area contributed by atoms with Crippen molar-refractivity contribution in [3.8, 4) is 0 Å². The van der Waals surface area contributed by atoms with Crippen LogP contribution in [-0.2, 0) is 0 Å². The summed E-state index contributed by atoms with van der Waals surface area (Å²) in [4.78, 5) is 0. The molecular formula is C7H24ClN3Si4. The van der Waals surface area contributed by atoms with Gasteiger partial charge in [0.2, 0.25) is 0 Å². The third-order valence-corrected chi connectivity index (χ3v) is 26.1. The number of rotatable bonds is 2. The topological polar surface area (TPSA) is 27.3 Å². The maximum atomic E-state index is 5.98. The van der Waals surface area contributed by atoms with Crippen LogP contribution < -0.4 is 9.30 Å². The van der Waals surface area contributed by atoms with Crippen molar-refractivity contribution in [2.24, 2.45) is 0 Å². The third kappa shape index (κ3) is 3.25. The van der Waals surface area contributed by atoms with Gasteiger partial charge in [0.25, 0.3) is 0 Å².